The molecule has 1 amide bonds. The summed E-state index contributed by atoms with van der Waals surface area (Å²) in [6.45, 7) is 4.57. The normalized spacial score (nSPS) is 10.4. The molecule has 0 fully saturated rings. The molecule has 0 saturated carbocycles. The van der Waals surface area contributed by atoms with E-state index in [-0.39, 0.29) is 18.5 Å². The largest absolute Gasteiger partial charge is 0.497 e. The van der Waals surface area contributed by atoms with Crippen LogP contribution in [0.3, 0.4) is 0 Å². The van der Waals surface area contributed by atoms with Crippen LogP contribution in [0, 0.1) is 0 Å². The van der Waals surface area contributed by atoms with E-state index in [1.807, 2.05) is 13.8 Å². The molecular formula is C21H23N3O6. The highest BCUT2D eigenvalue weighted by Crippen LogP contribution is 2.32. The van der Waals surface area contributed by atoms with Gasteiger partial charge in [-0.1, -0.05) is 11.2 Å². The maximum atomic E-state index is 12.1. The number of hydrogen-bond acceptors (Lipinski definition) is 8. The van der Waals surface area contributed by atoms with E-state index in [4.69, 9.17) is 23.4 Å². The first-order valence-electron chi connectivity index (χ1n) is 9.43. The van der Waals surface area contributed by atoms with E-state index in [0.29, 0.717) is 41.8 Å². The van der Waals surface area contributed by atoms with Gasteiger partial charge in [0.1, 0.15) is 11.5 Å². The minimum Gasteiger partial charge on any atom is -0.497 e. The standard InChI is InChI=1S/C21H23N3O6/c1-4-27-17-10-9-14(11-18(17)28-5-2)20-23-24-21(30-20)22-19(25)13-29-16-8-6-7-15(12-16)26-3/h6-12H,4-5,13H2,1-3H3,(H,22,24,25). The van der Waals surface area contributed by atoms with Gasteiger partial charge in [-0.05, 0) is 44.2 Å². The molecule has 30 heavy (non-hydrogen) atoms. The van der Waals surface area contributed by atoms with Crippen LogP contribution in [0.25, 0.3) is 11.5 Å². The van der Waals surface area contributed by atoms with Crippen molar-refractivity contribution in [1.29, 1.82) is 0 Å². The molecule has 158 valence electrons. The van der Waals surface area contributed by atoms with Crippen molar-refractivity contribution in [2.24, 2.45) is 0 Å². The summed E-state index contributed by atoms with van der Waals surface area (Å²) in [7, 11) is 1.56. The van der Waals surface area contributed by atoms with Crippen LogP contribution in [0.4, 0.5) is 6.01 Å². The van der Waals surface area contributed by atoms with Crippen LogP contribution in [0.1, 0.15) is 13.8 Å². The smallest absolute Gasteiger partial charge is 0.322 e. The lowest BCUT2D eigenvalue weighted by atomic mass is 10.2. The highest BCUT2D eigenvalue weighted by atomic mass is 16.5. The number of rotatable bonds is 10. The molecule has 0 bridgehead atoms. The number of benzene rings is 2. The van der Waals surface area contributed by atoms with E-state index in [0.717, 1.165) is 0 Å². The predicted molar refractivity (Wildman–Crippen MR) is 109 cm³/mol. The summed E-state index contributed by atoms with van der Waals surface area (Å²) in [5.74, 6) is 2.15. The zero-order valence-electron chi connectivity index (χ0n) is 17.0. The number of anilines is 1. The number of carbonyl (C=O) groups excluding carboxylic acids is 1. The number of nitrogens with zero attached hydrogens (tertiary/aromatic N) is 2. The van der Waals surface area contributed by atoms with E-state index in [1.54, 1.807) is 49.6 Å². The lowest BCUT2D eigenvalue weighted by molar-refractivity contribution is -0.118. The van der Waals surface area contributed by atoms with Crippen LogP contribution >= 0.6 is 0 Å². The zero-order valence-corrected chi connectivity index (χ0v) is 17.0. The van der Waals surface area contributed by atoms with Crippen molar-refractivity contribution in [3.8, 4) is 34.5 Å². The Labute approximate surface area is 173 Å². The number of aromatic nitrogens is 2. The van der Waals surface area contributed by atoms with E-state index in [2.05, 4.69) is 15.5 Å². The van der Waals surface area contributed by atoms with Crippen molar-refractivity contribution in [2.45, 2.75) is 13.8 Å². The molecule has 0 saturated heterocycles. The molecule has 1 N–H and O–H groups in total. The van der Waals surface area contributed by atoms with Crippen molar-refractivity contribution in [3.63, 3.8) is 0 Å². The van der Waals surface area contributed by atoms with Crippen molar-refractivity contribution < 1.29 is 28.2 Å². The maximum Gasteiger partial charge on any atom is 0.322 e. The number of hydrogen-bond donors (Lipinski definition) is 1. The third-order valence-electron chi connectivity index (χ3n) is 3.87. The molecule has 0 spiro atoms. The summed E-state index contributed by atoms with van der Waals surface area (Å²) in [4.78, 5) is 12.1. The number of ether oxygens (including phenoxy) is 4. The molecule has 0 aliphatic rings. The summed E-state index contributed by atoms with van der Waals surface area (Å²) in [5.41, 5.74) is 0.641. The first-order chi connectivity index (χ1) is 14.6. The Morgan fingerprint density at radius 1 is 0.967 bits per heavy atom. The molecule has 0 aliphatic carbocycles. The Kier molecular flexibility index (Phi) is 7.09. The molecule has 0 unspecified atom stereocenters. The van der Waals surface area contributed by atoms with Crippen molar-refractivity contribution >= 4 is 11.9 Å². The van der Waals surface area contributed by atoms with E-state index in [9.17, 15) is 4.79 Å². The summed E-state index contributed by atoms with van der Waals surface area (Å²) in [6.07, 6.45) is 0. The van der Waals surface area contributed by atoms with Crippen molar-refractivity contribution in [1.82, 2.24) is 10.2 Å². The highest BCUT2D eigenvalue weighted by molar-refractivity contribution is 5.89. The number of carbonyl (C=O) groups is 1. The van der Waals surface area contributed by atoms with Gasteiger partial charge in [0.25, 0.3) is 5.91 Å². The topological polar surface area (TPSA) is 105 Å². The first kappa shape index (κ1) is 21.0. The van der Waals surface area contributed by atoms with Gasteiger partial charge in [0.05, 0.1) is 20.3 Å². The fraction of sp³-hybridized carbons (Fsp3) is 0.286. The first-order valence-corrected chi connectivity index (χ1v) is 9.43. The second-order valence-corrected chi connectivity index (χ2v) is 5.96. The fourth-order valence-corrected chi connectivity index (χ4v) is 2.57. The van der Waals surface area contributed by atoms with Crippen molar-refractivity contribution in [3.05, 3.63) is 42.5 Å². The average Bonchev–Trinajstić information content (AvgIpc) is 3.22. The second kappa shape index (κ2) is 10.1. The summed E-state index contributed by atoms with van der Waals surface area (Å²) in [5, 5.41) is 10.3. The molecule has 1 aromatic heterocycles. The van der Waals surface area contributed by atoms with Gasteiger partial charge < -0.3 is 23.4 Å². The molecule has 9 nitrogen and oxygen atoms in total. The Hall–Kier alpha value is -3.75. The molecule has 9 heteroatoms. The van der Waals surface area contributed by atoms with Crippen LogP contribution in [-0.4, -0.2) is 43.0 Å². The minimum absolute atomic E-state index is 0.0314. The van der Waals surface area contributed by atoms with Crippen molar-refractivity contribution in [2.75, 3.05) is 32.2 Å². The van der Waals surface area contributed by atoms with Crippen LogP contribution < -0.4 is 24.3 Å². The van der Waals surface area contributed by atoms with Crippen LogP contribution in [-0.2, 0) is 4.79 Å². The monoisotopic (exact) mass is 413 g/mol. The molecule has 1 heterocycles. The van der Waals surface area contributed by atoms with Gasteiger partial charge in [0, 0.05) is 11.6 Å². The van der Waals surface area contributed by atoms with Crippen LogP contribution in [0.15, 0.2) is 46.9 Å². The maximum absolute atomic E-state index is 12.1. The summed E-state index contributed by atoms with van der Waals surface area (Å²) in [6, 6.07) is 12.2. The quantitative estimate of drug-likeness (QED) is 0.538. The summed E-state index contributed by atoms with van der Waals surface area (Å²) < 4.78 is 27.2. The third kappa shape index (κ3) is 5.40. The van der Waals surface area contributed by atoms with Gasteiger partial charge in [-0.2, -0.15) is 0 Å². The van der Waals surface area contributed by atoms with Crippen LogP contribution in [0.2, 0.25) is 0 Å². The Morgan fingerprint density at radius 2 is 1.73 bits per heavy atom. The second-order valence-electron chi connectivity index (χ2n) is 5.96. The number of methoxy groups -OCH3 is 1. The van der Waals surface area contributed by atoms with E-state index in [1.165, 1.54) is 0 Å². The SMILES string of the molecule is CCOc1ccc(-c2nnc(NC(=O)COc3cccc(OC)c3)o2)cc1OCC. The van der Waals surface area contributed by atoms with E-state index < -0.39 is 5.91 Å². The zero-order chi connectivity index (χ0) is 21.3. The molecule has 0 atom stereocenters. The Morgan fingerprint density at radius 3 is 2.50 bits per heavy atom. The van der Waals surface area contributed by atoms with Gasteiger partial charge in [-0.3, -0.25) is 10.1 Å². The molecule has 0 radical (unpaired) electrons. The Balaban J connectivity index is 1.63. The molecule has 3 aromatic rings. The highest BCUT2D eigenvalue weighted by Gasteiger charge is 2.14. The summed E-state index contributed by atoms with van der Waals surface area (Å²) >= 11 is 0. The number of nitrogens with one attached hydrogen (secondary N) is 1. The average molecular weight is 413 g/mol. The van der Waals surface area contributed by atoms with Gasteiger partial charge in [-0.25, -0.2) is 0 Å². The molecule has 3 rings (SSSR count). The van der Waals surface area contributed by atoms with Gasteiger partial charge in [0.15, 0.2) is 18.1 Å². The predicted octanol–water partition coefficient (Wildman–Crippen LogP) is 3.56. The van der Waals surface area contributed by atoms with Gasteiger partial charge >= 0.3 is 6.01 Å². The molecule has 0 aliphatic heterocycles. The lowest BCUT2D eigenvalue weighted by Crippen LogP contribution is -2.20. The number of amides is 1. The molecule has 2 aromatic carbocycles. The van der Waals surface area contributed by atoms with Gasteiger partial charge in [0.2, 0.25) is 5.89 Å². The Bertz CT molecular complexity index is 988. The third-order valence-corrected chi connectivity index (χ3v) is 3.87. The molecular weight excluding hydrogens is 390 g/mol. The fourth-order valence-electron chi connectivity index (χ4n) is 2.57. The minimum atomic E-state index is -0.435. The van der Waals surface area contributed by atoms with E-state index >= 15 is 0 Å². The van der Waals surface area contributed by atoms with Crippen LogP contribution in [0.5, 0.6) is 23.0 Å². The lowest BCUT2D eigenvalue weighted by Gasteiger charge is -2.11. The van der Waals surface area contributed by atoms with Gasteiger partial charge in [-0.15, -0.1) is 5.10 Å².